The first-order valence-corrected chi connectivity index (χ1v) is 9.43. The molecule has 5 nitrogen and oxygen atoms in total. The van der Waals surface area contributed by atoms with Gasteiger partial charge in [0, 0.05) is 43.0 Å². The summed E-state index contributed by atoms with van der Waals surface area (Å²) >= 11 is 0. The summed E-state index contributed by atoms with van der Waals surface area (Å²) in [6.07, 6.45) is 0.814. The average molecular weight is 373 g/mol. The molecule has 0 fully saturated rings. The number of anilines is 3. The molecule has 0 atom stereocenters. The van der Waals surface area contributed by atoms with Crippen molar-refractivity contribution in [3.05, 3.63) is 66.2 Å². The second-order valence-electron chi connectivity index (χ2n) is 7.17. The number of rotatable bonds is 4. The van der Waals surface area contributed by atoms with Gasteiger partial charge in [0.15, 0.2) is 0 Å². The number of nitrogens with zero attached hydrogens (tertiary/aromatic N) is 2. The van der Waals surface area contributed by atoms with Crippen LogP contribution in [-0.4, -0.2) is 32.0 Å². The molecule has 0 aliphatic carbocycles. The summed E-state index contributed by atoms with van der Waals surface area (Å²) in [7, 11) is 1.93. The Morgan fingerprint density at radius 1 is 1.07 bits per heavy atom. The summed E-state index contributed by atoms with van der Waals surface area (Å²) in [5.41, 5.74) is 3.83. The molecule has 3 aromatic carbocycles. The van der Waals surface area contributed by atoms with Gasteiger partial charge >= 0.3 is 0 Å². The Morgan fingerprint density at radius 3 is 2.68 bits per heavy atom. The summed E-state index contributed by atoms with van der Waals surface area (Å²) in [5.74, 6) is -0.0240. The van der Waals surface area contributed by atoms with Crippen molar-refractivity contribution >= 4 is 39.6 Å². The lowest BCUT2D eigenvalue weighted by Gasteiger charge is -2.21. The van der Waals surface area contributed by atoms with E-state index in [1.54, 1.807) is 11.8 Å². The normalized spacial score (nSPS) is 12.7. The largest absolute Gasteiger partial charge is 0.365 e. The lowest BCUT2D eigenvalue weighted by Crippen LogP contribution is -2.30. The predicted molar refractivity (Wildman–Crippen MR) is 114 cm³/mol. The number of amides is 2. The highest BCUT2D eigenvalue weighted by Crippen LogP contribution is 2.30. The van der Waals surface area contributed by atoms with Gasteiger partial charge in [-0.2, -0.15) is 0 Å². The van der Waals surface area contributed by atoms with E-state index in [1.165, 1.54) is 0 Å². The van der Waals surface area contributed by atoms with Crippen LogP contribution < -0.4 is 15.1 Å². The molecule has 3 aromatic rings. The van der Waals surface area contributed by atoms with Crippen LogP contribution in [0.5, 0.6) is 0 Å². The zero-order valence-corrected chi connectivity index (χ0v) is 16.1. The van der Waals surface area contributed by atoms with Gasteiger partial charge < -0.3 is 15.1 Å². The highest BCUT2D eigenvalue weighted by Gasteiger charge is 2.22. The molecular formula is C23H23N3O2. The van der Waals surface area contributed by atoms with E-state index in [0.717, 1.165) is 39.8 Å². The monoisotopic (exact) mass is 373 g/mol. The van der Waals surface area contributed by atoms with Crippen LogP contribution in [0.2, 0.25) is 0 Å². The summed E-state index contributed by atoms with van der Waals surface area (Å²) in [4.78, 5) is 28.0. The Bertz CT molecular complexity index is 1060. The van der Waals surface area contributed by atoms with Gasteiger partial charge in [0.1, 0.15) is 0 Å². The van der Waals surface area contributed by atoms with E-state index >= 15 is 0 Å². The van der Waals surface area contributed by atoms with Crippen LogP contribution in [0.3, 0.4) is 0 Å². The molecule has 1 heterocycles. The van der Waals surface area contributed by atoms with Gasteiger partial charge in [-0.05, 0) is 41.6 Å². The third kappa shape index (κ3) is 3.43. The fourth-order valence-corrected chi connectivity index (χ4v) is 3.85. The standard InChI is InChI=1S/C23H23N3O2/c1-16(27)26-13-12-18-14-19(10-11-21(18)26)24-23(28)15-25(2)22-9-5-7-17-6-3-4-8-20(17)22/h3-11,14H,12-13,15H2,1-2H3,(H,24,28). The van der Waals surface area contributed by atoms with Crippen LogP contribution >= 0.6 is 0 Å². The van der Waals surface area contributed by atoms with Crippen molar-refractivity contribution < 1.29 is 9.59 Å². The molecule has 0 unspecified atom stereocenters. The fourth-order valence-electron chi connectivity index (χ4n) is 3.85. The number of carbonyl (C=O) groups is 2. The molecule has 142 valence electrons. The van der Waals surface area contributed by atoms with Crippen LogP contribution in [0.25, 0.3) is 10.8 Å². The van der Waals surface area contributed by atoms with Crippen LogP contribution in [0.15, 0.2) is 60.7 Å². The second-order valence-corrected chi connectivity index (χ2v) is 7.17. The molecule has 1 aliphatic heterocycles. The molecule has 0 saturated heterocycles. The van der Waals surface area contributed by atoms with Crippen LogP contribution in [0.4, 0.5) is 17.1 Å². The quantitative estimate of drug-likeness (QED) is 0.756. The highest BCUT2D eigenvalue weighted by atomic mass is 16.2. The number of hydrogen-bond acceptors (Lipinski definition) is 3. The average Bonchev–Trinajstić information content (AvgIpc) is 3.11. The van der Waals surface area contributed by atoms with E-state index in [4.69, 9.17) is 0 Å². The Morgan fingerprint density at radius 2 is 1.86 bits per heavy atom. The smallest absolute Gasteiger partial charge is 0.243 e. The van der Waals surface area contributed by atoms with Crippen molar-refractivity contribution in [1.82, 2.24) is 0 Å². The van der Waals surface area contributed by atoms with Gasteiger partial charge in [-0.3, -0.25) is 9.59 Å². The third-order valence-electron chi connectivity index (χ3n) is 5.20. The molecule has 4 rings (SSSR count). The number of likely N-dealkylation sites (N-methyl/N-ethyl adjacent to an activating group) is 1. The zero-order valence-electron chi connectivity index (χ0n) is 16.1. The molecule has 0 radical (unpaired) electrons. The summed E-state index contributed by atoms with van der Waals surface area (Å²) < 4.78 is 0. The molecule has 28 heavy (non-hydrogen) atoms. The molecule has 5 heteroatoms. The lowest BCUT2D eigenvalue weighted by atomic mass is 10.1. The predicted octanol–water partition coefficient (Wildman–Crippen LogP) is 3.82. The zero-order chi connectivity index (χ0) is 19.7. The van der Waals surface area contributed by atoms with Gasteiger partial charge in [0.2, 0.25) is 11.8 Å². The van der Waals surface area contributed by atoms with E-state index in [0.29, 0.717) is 6.54 Å². The van der Waals surface area contributed by atoms with Gasteiger partial charge in [-0.1, -0.05) is 36.4 Å². The van der Waals surface area contributed by atoms with Gasteiger partial charge in [-0.25, -0.2) is 0 Å². The minimum absolute atomic E-state index is 0.0484. The lowest BCUT2D eigenvalue weighted by molar-refractivity contribution is -0.116. The van der Waals surface area contributed by atoms with Gasteiger partial charge in [-0.15, -0.1) is 0 Å². The first-order valence-electron chi connectivity index (χ1n) is 9.43. The van der Waals surface area contributed by atoms with Gasteiger partial charge in [0.25, 0.3) is 0 Å². The summed E-state index contributed by atoms with van der Waals surface area (Å²) in [6, 6.07) is 20.0. The first kappa shape index (κ1) is 18.0. The van der Waals surface area contributed by atoms with E-state index in [2.05, 4.69) is 23.5 Å². The van der Waals surface area contributed by atoms with Gasteiger partial charge in [0.05, 0.1) is 6.54 Å². The van der Waals surface area contributed by atoms with E-state index in [1.807, 2.05) is 54.4 Å². The van der Waals surface area contributed by atoms with Crippen molar-refractivity contribution in [2.75, 3.05) is 35.3 Å². The Balaban J connectivity index is 1.47. The fraction of sp³-hybridized carbons (Fsp3) is 0.217. The molecule has 1 aliphatic rings. The molecule has 0 aromatic heterocycles. The van der Waals surface area contributed by atoms with E-state index in [-0.39, 0.29) is 18.4 Å². The van der Waals surface area contributed by atoms with Crippen LogP contribution in [0, 0.1) is 0 Å². The van der Waals surface area contributed by atoms with Crippen molar-refractivity contribution in [2.24, 2.45) is 0 Å². The maximum Gasteiger partial charge on any atom is 0.243 e. The molecule has 0 bridgehead atoms. The Labute approximate surface area is 164 Å². The highest BCUT2D eigenvalue weighted by molar-refractivity contribution is 5.99. The van der Waals surface area contributed by atoms with E-state index < -0.39 is 0 Å². The second kappa shape index (κ2) is 7.35. The number of carbonyl (C=O) groups excluding carboxylic acids is 2. The molecule has 1 N–H and O–H groups in total. The number of nitrogens with one attached hydrogen (secondary N) is 1. The maximum atomic E-state index is 12.6. The van der Waals surface area contributed by atoms with Crippen molar-refractivity contribution in [3.63, 3.8) is 0 Å². The molecule has 0 spiro atoms. The SMILES string of the molecule is CC(=O)N1CCc2cc(NC(=O)CN(C)c3cccc4ccccc34)ccc21. The Kier molecular flexibility index (Phi) is 4.74. The molecule has 2 amide bonds. The topological polar surface area (TPSA) is 52.7 Å². The summed E-state index contributed by atoms with van der Waals surface area (Å²) in [5, 5.41) is 5.26. The number of hydrogen-bond donors (Lipinski definition) is 1. The minimum atomic E-state index is -0.0724. The number of fused-ring (bicyclic) bond motifs is 2. The van der Waals surface area contributed by atoms with Crippen LogP contribution in [0.1, 0.15) is 12.5 Å². The first-order chi connectivity index (χ1) is 13.5. The molecular weight excluding hydrogens is 350 g/mol. The minimum Gasteiger partial charge on any atom is -0.365 e. The maximum absolute atomic E-state index is 12.6. The van der Waals surface area contributed by atoms with Crippen molar-refractivity contribution in [1.29, 1.82) is 0 Å². The van der Waals surface area contributed by atoms with Crippen LogP contribution in [-0.2, 0) is 16.0 Å². The molecule has 0 saturated carbocycles. The third-order valence-corrected chi connectivity index (χ3v) is 5.20. The number of benzene rings is 3. The summed E-state index contributed by atoms with van der Waals surface area (Å²) in [6.45, 7) is 2.53. The van der Waals surface area contributed by atoms with E-state index in [9.17, 15) is 9.59 Å². The Hall–Kier alpha value is -3.34. The van der Waals surface area contributed by atoms with Crippen molar-refractivity contribution in [3.8, 4) is 0 Å². The van der Waals surface area contributed by atoms with Crippen molar-refractivity contribution in [2.45, 2.75) is 13.3 Å².